The number of nitrogens with one attached hydrogen (secondary N) is 1. The normalized spacial score (nSPS) is 21.4. The van der Waals surface area contributed by atoms with Gasteiger partial charge in [-0.25, -0.2) is 0 Å². The first kappa shape index (κ1) is 29.8. The summed E-state index contributed by atoms with van der Waals surface area (Å²) in [6.07, 6.45) is 8.98. The molecular weight excluding hydrogens is 523 g/mol. The van der Waals surface area contributed by atoms with E-state index >= 15 is 0 Å². The van der Waals surface area contributed by atoms with Crippen molar-refractivity contribution in [2.45, 2.75) is 95.1 Å². The molecule has 1 aromatic heterocycles. The fourth-order valence-corrected chi connectivity index (χ4v) is 6.54. The fourth-order valence-electron chi connectivity index (χ4n) is 6.54. The molecule has 2 aliphatic carbocycles. The summed E-state index contributed by atoms with van der Waals surface area (Å²) in [6.45, 7) is 1.78. The predicted octanol–water partition coefficient (Wildman–Crippen LogP) is 7.92. The molecule has 0 bridgehead atoms. The lowest BCUT2D eigenvalue weighted by Crippen LogP contribution is -2.38. The van der Waals surface area contributed by atoms with Gasteiger partial charge in [-0.2, -0.15) is 0 Å². The van der Waals surface area contributed by atoms with Gasteiger partial charge in [0.15, 0.2) is 0 Å². The van der Waals surface area contributed by atoms with E-state index in [-0.39, 0.29) is 24.1 Å². The highest BCUT2D eigenvalue weighted by Crippen LogP contribution is 2.37. The van der Waals surface area contributed by atoms with Crippen LogP contribution < -0.4 is 15.8 Å². The van der Waals surface area contributed by atoms with E-state index in [1.165, 1.54) is 54.6 Å². The van der Waals surface area contributed by atoms with Crippen LogP contribution >= 0.6 is 12.4 Å². The summed E-state index contributed by atoms with van der Waals surface area (Å²) in [4.78, 5) is 0. The van der Waals surface area contributed by atoms with Gasteiger partial charge in [0.2, 0.25) is 0 Å². The number of hydrogen-bond acceptors (Lipinski definition) is 3. The molecule has 4 nitrogen and oxygen atoms in total. The second-order valence-corrected chi connectivity index (χ2v) is 11.3. The maximum Gasteiger partial charge on any atom is 0.573 e. The molecule has 0 saturated heterocycles. The molecular formula is C31H41ClF3N3O. The second-order valence-electron chi connectivity index (χ2n) is 11.3. The van der Waals surface area contributed by atoms with Crippen molar-refractivity contribution in [3.05, 3.63) is 65.9 Å². The van der Waals surface area contributed by atoms with E-state index in [1.807, 2.05) is 6.07 Å². The van der Waals surface area contributed by atoms with Crippen molar-refractivity contribution in [1.82, 2.24) is 9.88 Å². The van der Waals surface area contributed by atoms with Crippen LogP contribution in [0.5, 0.6) is 5.75 Å². The molecule has 5 rings (SSSR count). The van der Waals surface area contributed by atoms with Crippen molar-refractivity contribution in [2.75, 3.05) is 6.54 Å². The van der Waals surface area contributed by atoms with Gasteiger partial charge < -0.3 is 20.4 Å². The van der Waals surface area contributed by atoms with Crippen LogP contribution in [0.1, 0.15) is 81.3 Å². The summed E-state index contributed by atoms with van der Waals surface area (Å²) in [5.74, 6) is 0.455. The monoisotopic (exact) mass is 563 g/mol. The van der Waals surface area contributed by atoms with Crippen molar-refractivity contribution < 1.29 is 17.9 Å². The number of ether oxygens (including phenoxy) is 1. The smallest absolute Gasteiger partial charge is 0.406 e. The molecule has 39 heavy (non-hydrogen) atoms. The predicted molar refractivity (Wildman–Crippen MR) is 154 cm³/mol. The van der Waals surface area contributed by atoms with Gasteiger partial charge in [0, 0.05) is 41.6 Å². The zero-order valence-corrected chi connectivity index (χ0v) is 23.3. The Hall–Kier alpha value is -2.22. The Labute approximate surface area is 235 Å². The summed E-state index contributed by atoms with van der Waals surface area (Å²) >= 11 is 0. The fraction of sp³-hybridized carbons (Fsp3) is 0.548. The van der Waals surface area contributed by atoms with Crippen LogP contribution in [-0.2, 0) is 6.54 Å². The van der Waals surface area contributed by atoms with Crippen molar-refractivity contribution >= 4 is 23.3 Å². The van der Waals surface area contributed by atoms with E-state index in [0.29, 0.717) is 18.0 Å². The first-order valence-electron chi connectivity index (χ1n) is 14.3. The van der Waals surface area contributed by atoms with Gasteiger partial charge in [-0.1, -0.05) is 49.6 Å². The minimum atomic E-state index is -4.71. The Balaban J connectivity index is 0.00000353. The third-order valence-electron chi connectivity index (χ3n) is 8.51. The summed E-state index contributed by atoms with van der Waals surface area (Å²) in [5, 5.41) is 4.89. The highest BCUT2D eigenvalue weighted by atomic mass is 35.5. The van der Waals surface area contributed by atoms with E-state index in [2.05, 4.69) is 45.1 Å². The molecule has 3 aromatic rings. The van der Waals surface area contributed by atoms with Gasteiger partial charge in [-0.3, -0.25) is 0 Å². The number of rotatable bonds is 9. The van der Waals surface area contributed by atoms with Gasteiger partial charge in [0.1, 0.15) is 5.75 Å². The zero-order chi connectivity index (χ0) is 26.5. The number of alkyl halides is 3. The highest BCUT2D eigenvalue weighted by molar-refractivity contribution is 5.85. The molecule has 0 radical (unpaired) electrons. The maximum absolute atomic E-state index is 13.0. The quantitative estimate of drug-likeness (QED) is 0.278. The van der Waals surface area contributed by atoms with E-state index in [4.69, 9.17) is 5.73 Å². The van der Waals surface area contributed by atoms with Crippen LogP contribution in [0.3, 0.4) is 0 Å². The molecule has 0 amide bonds. The second kappa shape index (κ2) is 13.4. The SMILES string of the molecule is Cl.NC1CCC(NCCC(c2cccc(OC(F)(F)F)c2)c2cn(CC3CCCCC3)c3ccccc23)CC1. The van der Waals surface area contributed by atoms with Gasteiger partial charge in [-0.05, 0) is 86.7 Å². The van der Waals surface area contributed by atoms with Crippen LogP contribution in [0.25, 0.3) is 10.9 Å². The summed E-state index contributed by atoms with van der Waals surface area (Å²) in [6, 6.07) is 15.7. The minimum absolute atomic E-state index is 0. The molecule has 0 aliphatic heterocycles. The Morgan fingerprint density at radius 3 is 2.44 bits per heavy atom. The Morgan fingerprint density at radius 2 is 1.69 bits per heavy atom. The van der Waals surface area contributed by atoms with E-state index in [1.54, 1.807) is 12.1 Å². The maximum atomic E-state index is 13.0. The van der Waals surface area contributed by atoms with Crippen LogP contribution in [0.4, 0.5) is 13.2 Å². The number of nitrogens with two attached hydrogens (primary N) is 1. The average Bonchev–Trinajstić information content (AvgIpc) is 3.25. The molecule has 214 valence electrons. The van der Waals surface area contributed by atoms with Crippen molar-refractivity contribution in [2.24, 2.45) is 11.7 Å². The molecule has 1 heterocycles. The molecule has 1 unspecified atom stereocenters. The number of para-hydroxylation sites is 1. The average molecular weight is 564 g/mol. The molecule has 3 N–H and O–H groups in total. The van der Waals surface area contributed by atoms with Crippen molar-refractivity contribution in [3.63, 3.8) is 0 Å². The minimum Gasteiger partial charge on any atom is -0.406 e. The first-order valence-corrected chi connectivity index (χ1v) is 14.3. The molecule has 0 spiro atoms. The number of hydrogen-bond donors (Lipinski definition) is 2. The lowest BCUT2D eigenvalue weighted by Gasteiger charge is -2.28. The topological polar surface area (TPSA) is 52.2 Å². The van der Waals surface area contributed by atoms with Crippen molar-refractivity contribution in [1.29, 1.82) is 0 Å². The molecule has 2 saturated carbocycles. The number of nitrogens with zero attached hydrogens (tertiary/aromatic N) is 1. The van der Waals surface area contributed by atoms with Crippen LogP contribution in [0.2, 0.25) is 0 Å². The summed E-state index contributed by atoms with van der Waals surface area (Å²) in [7, 11) is 0. The number of halogens is 4. The molecule has 2 aromatic carbocycles. The van der Waals surface area contributed by atoms with Crippen LogP contribution in [0, 0.1) is 5.92 Å². The standard InChI is InChI=1S/C31H40F3N3O.ClH/c32-31(33,34)38-26-10-6-9-23(19-26)27(17-18-36-25-15-13-24(35)14-16-25)29-21-37(20-22-7-2-1-3-8-22)30-12-5-4-11-28(29)30;/h4-6,9-12,19,21-22,24-25,27,36H,1-3,7-8,13-18,20,35H2;1H. The Morgan fingerprint density at radius 1 is 0.949 bits per heavy atom. The van der Waals surface area contributed by atoms with Gasteiger partial charge in [0.25, 0.3) is 0 Å². The van der Waals surface area contributed by atoms with Crippen LogP contribution in [-0.4, -0.2) is 29.6 Å². The van der Waals surface area contributed by atoms with E-state index in [9.17, 15) is 13.2 Å². The Kier molecular flexibility index (Phi) is 10.2. The third kappa shape index (κ3) is 7.92. The molecule has 2 aliphatic rings. The van der Waals surface area contributed by atoms with E-state index < -0.39 is 6.36 Å². The number of benzene rings is 2. The first-order chi connectivity index (χ1) is 18.4. The Bertz CT molecular complexity index is 1180. The lowest BCUT2D eigenvalue weighted by molar-refractivity contribution is -0.274. The highest BCUT2D eigenvalue weighted by Gasteiger charge is 2.31. The molecule has 1 atom stereocenters. The summed E-state index contributed by atoms with van der Waals surface area (Å²) < 4.78 is 45.8. The van der Waals surface area contributed by atoms with Gasteiger partial charge in [0.05, 0.1) is 0 Å². The van der Waals surface area contributed by atoms with Gasteiger partial charge >= 0.3 is 6.36 Å². The number of fused-ring (bicyclic) bond motifs is 1. The van der Waals surface area contributed by atoms with Crippen LogP contribution in [0.15, 0.2) is 54.7 Å². The zero-order valence-electron chi connectivity index (χ0n) is 22.5. The summed E-state index contributed by atoms with van der Waals surface area (Å²) in [5.41, 5.74) is 9.31. The largest absolute Gasteiger partial charge is 0.573 e. The van der Waals surface area contributed by atoms with Gasteiger partial charge in [-0.15, -0.1) is 25.6 Å². The number of aromatic nitrogens is 1. The molecule has 2 fully saturated rings. The molecule has 8 heteroatoms. The third-order valence-corrected chi connectivity index (χ3v) is 8.51. The lowest BCUT2D eigenvalue weighted by atomic mass is 9.87. The van der Waals surface area contributed by atoms with Crippen molar-refractivity contribution in [3.8, 4) is 5.75 Å². The van der Waals surface area contributed by atoms with E-state index in [0.717, 1.165) is 50.8 Å².